The predicted octanol–water partition coefficient (Wildman–Crippen LogP) is 4.84. The zero-order valence-corrected chi connectivity index (χ0v) is 18.2. The van der Waals surface area contributed by atoms with Gasteiger partial charge in [0.2, 0.25) is 0 Å². The second-order valence-corrected chi connectivity index (χ2v) is 8.52. The zero-order chi connectivity index (χ0) is 21.4. The summed E-state index contributed by atoms with van der Waals surface area (Å²) in [5.41, 5.74) is 8.95. The number of nitrogens with one attached hydrogen (secondary N) is 2. The lowest BCUT2D eigenvalue weighted by molar-refractivity contribution is 0.0951. The van der Waals surface area contributed by atoms with Gasteiger partial charge in [0.15, 0.2) is 0 Å². The third kappa shape index (κ3) is 3.76. The van der Waals surface area contributed by atoms with E-state index in [1.165, 1.54) is 35.0 Å². The van der Waals surface area contributed by atoms with E-state index in [1.807, 2.05) is 48.0 Å². The van der Waals surface area contributed by atoms with Crippen molar-refractivity contribution in [2.75, 3.05) is 0 Å². The van der Waals surface area contributed by atoms with Crippen molar-refractivity contribution in [3.63, 3.8) is 0 Å². The number of carbonyl (C=O) groups excluding carboxylic acids is 1. The lowest BCUT2D eigenvalue weighted by Gasteiger charge is -2.11. The molecule has 2 N–H and O–H groups in total. The Balaban J connectivity index is 1.32. The van der Waals surface area contributed by atoms with E-state index in [9.17, 15) is 4.79 Å². The van der Waals surface area contributed by atoms with Crippen LogP contribution in [-0.4, -0.2) is 20.7 Å². The molecule has 5 heteroatoms. The first-order valence-electron chi connectivity index (χ1n) is 11.1. The van der Waals surface area contributed by atoms with Crippen molar-refractivity contribution in [1.29, 1.82) is 0 Å². The maximum Gasteiger partial charge on any atom is 0.251 e. The highest BCUT2D eigenvalue weighted by molar-refractivity contribution is 5.99. The Kier molecular flexibility index (Phi) is 5.10. The number of fused-ring (bicyclic) bond motifs is 3. The summed E-state index contributed by atoms with van der Waals surface area (Å²) in [5, 5.41) is 9.01. The van der Waals surface area contributed by atoms with Crippen molar-refractivity contribution in [2.24, 2.45) is 0 Å². The number of hydrogen-bond donors (Lipinski definition) is 2. The van der Waals surface area contributed by atoms with Crippen LogP contribution in [0.5, 0.6) is 0 Å². The van der Waals surface area contributed by atoms with Crippen LogP contribution in [-0.2, 0) is 25.9 Å². The van der Waals surface area contributed by atoms with E-state index in [1.54, 1.807) is 0 Å². The molecule has 2 aromatic heterocycles. The molecule has 1 aliphatic carbocycles. The second-order valence-electron chi connectivity index (χ2n) is 8.52. The van der Waals surface area contributed by atoms with Gasteiger partial charge >= 0.3 is 0 Å². The van der Waals surface area contributed by atoms with Crippen LogP contribution in [0.25, 0.3) is 10.9 Å². The van der Waals surface area contributed by atoms with E-state index in [0.29, 0.717) is 12.1 Å². The van der Waals surface area contributed by atoms with Crippen molar-refractivity contribution >= 4 is 16.8 Å². The first kappa shape index (κ1) is 19.6. The number of aryl methyl sites for hydroxylation is 3. The van der Waals surface area contributed by atoms with Crippen LogP contribution >= 0.6 is 0 Å². The largest absolute Gasteiger partial charge is 0.358 e. The minimum atomic E-state index is -0.0396. The Morgan fingerprint density at radius 2 is 1.90 bits per heavy atom. The smallest absolute Gasteiger partial charge is 0.251 e. The van der Waals surface area contributed by atoms with Gasteiger partial charge < -0.3 is 10.3 Å². The molecular weight excluding hydrogens is 384 g/mol. The summed E-state index contributed by atoms with van der Waals surface area (Å²) >= 11 is 0. The van der Waals surface area contributed by atoms with Crippen molar-refractivity contribution in [3.8, 4) is 0 Å². The highest BCUT2D eigenvalue weighted by atomic mass is 16.1. The molecule has 158 valence electrons. The summed E-state index contributed by atoms with van der Waals surface area (Å²) in [5.74, 6) is -0.0396. The van der Waals surface area contributed by atoms with E-state index in [4.69, 9.17) is 5.10 Å². The average Bonchev–Trinajstić information content (AvgIpc) is 3.29. The maximum atomic E-state index is 12.9. The summed E-state index contributed by atoms with van der Waals surface area (Å²) < 4.78 is 2.02. The molecule has 31 heavy (non-hydrogen) atoms. The number of hydrogen-bond acceptors (Lipinski definition) is 2. The first-order chi connectivity index (χ1) is 15.1. The number of rotatable bonds is 5. The van der Waals surface area contributed by atoms with Gasteiger partial charge in [-0.1, -0.05) is 30.3 Å². The van der Waals surface area contributed by atoms with Crippen LogP contribution in [0.1, 0.15) is 57.0 Å². The van der Waals surface area contributed by atoms with Gasteiger partial charge in [-0.25, -0.2) is 0 Å². The van der Waals surface area contributed by atoms with Crippen molar-refractivity contribution in [1.82, 2.24) is 20.1 Å². The van der Waals surface area contributed by atoms with Crippen molar-refractivity contribution in [2.45, 2.75) is 52.6 Å². The molecule has 1 aliphatic rings. The van der Waals surface area contributed by atoms with Crippen LogP contribution in [0.4, 0.5) is 0 Å². The van der Waals surface area contributed by atoms with Crippen LogP contribution in [0.3, 0.4) is 0 Å². The minimum Gasteiger partial charge on any atom is -0.358 e. The molecule has 2 heterocycles. The van der Waals surface area contributed by atoms with Gasteiger partial charge in [-0.2, -0.15) is 5.10 Å². The van der Waals surface area contributed by atoms with Crippen LogP contribution in [0.2, 0.25) is 0 Å². The zero-order valence-electron chi connectivity index (χ0n) is 18.2. The maximum absolute atomic E-state index is 12.9. The first-order valence-corrected chi connectivity index (χ1v) is 11.1. The standard InChI is InChI=1S/C26H28N4O/c1-17-23(18(2)30(29-17)16-19-8-4-3-5-9-19)15-27-26(31)20-12-13-25-22(14-20)21-10-6-7-11-24(21)28-25/h3-5,8-9,12-14,28H,6-7,10-11,15-16H2,1-2H3,(H,27,31). The molecule has 0 spiro atoms. The number of aromatic amines is 1. The Bertz CT molecular complexity index is 1250. The van der Waals surface area contributed by atoms with E-state index in [-0.39, 0.29) is 5.91 Å². The van der Waals surface area contributed by atoms with Crippen LogP contribution < -0.4 is 5.32 Å². The molecule has 0 saturated carbocycles. The van der Waals surface area contributed by atoms with Gasteiger partial charge in [0.05, 0.1) is 12.2 Å². The van der Waals surface area contributed by atoms with Gasteiger partial charge in [0.25, 0.3) is 5.91 Å². The Morgan fingerprint density at radius 3 is 2.74 bits per heavy atom. The molecule has 0 unspecified atom stereocenters. The Labute approximate surface area is 182 Å². The minimum absolute atomic E-state index is 0.0396. The van der Waals surface area contributed by atoms with Crippen LogP contribution in [0.15, 0.2) is 48.5 Å². The van der Waals surface area contributed by atoms with Gasteiger partial charge in [0.1, 0.15) is 0 Å². The summed E-state index contributed by atoms with van der Waals surface area (Å²) in [6, 6.07) is 16.3. The monoisotopic (exact) mass is 412 g/mol. The fraction of sp³-hybridized carbons (Fsp3) is 0.308. The molecule has 0 fully saturated rings. The molecular formula is C26H28N4O. The third-order valence-corrected chi connectivity index (χ3v) is 6.49. The number of benzene rings is 2. The van der Waals surface area contributed by atoms with Crippen LogP contribution in [0, 0.1) is 13.8 Å². The molecule has 0 bridgehead atoms. The molecule has 5 nitrogen and oxygen atoms in total. The summed E-state index contributed by atoms with van der Waals surface area (Å²) in [6.45, 7) is 5.29. The van der Waals surface area contributed by atoms with Gasteiger partial charge in [0, 0.05) is 40.0 Å². The van der Waals surface area contributed by atoms with Gasteiger partial charge in [-0.15, -0.1) is 0 Å². The average molecular weight is 413 g/mol. The number of nitrogens with zero attached hydrogens (tertiary/aromatic N) is 2. The molecule has 0 atom stereocenters. The Hall–Kier alpha value is -3.34. The summed E-state index contributed by atoms with van der Waals surface area (Å²) in [7, 11) is 0. The highest BCUT2D eigenvalue weighted by Crippen LogP contribution is 2.29. The van der Waals surface area contributed by atoms with Gasteiger partial charge in [-0.3, -0.25) is 9.48 Å². The molecule has 0 aliphatic heterocycles. The normalized spacial score (nSPS) is 13.4. The lowest BCUT2D eigenvalue weighted by atomic mass is 9.95. The Morgan fingerprint density at radius 1 is 1.10 bits per heavy atom. The van der Waals surface area contributed by atoms with E-state index in [2.05, 4.69) is 29.4 Å². The number of amides is 1. The quantitative estimate of drug-likeness (QED) is 0.493. The number of carbonyl (C=O) groups is 1. The van der Waals surface area contributed by atoms with E-state index >= 15 is 0 Å². The van der Waals surface area contributed by atoms with E-state index < -0.39 is 0 Å². The molecule has 0 radical (unpaired) electrons. The van der Waals surface area contributed by atoms with E-state index in [0.717, 1.165) is 41.9 Å². The SMILES string of the molecule is Cc1nn(Cc2ccccc2)c(C)c1CNC(=O)c1ccc2[nH]c3c(c2c1)CCCC3. The van der Waals surface area contributed by atoms with Gasteiger partial charge in [-0.05, 0) is 68.9 Å². The number of aromatic nitrogens is 3. The van der Waals surface area contributed by atoms with Crippen molar-refractivity contribution in [3.05, 3.63) is 87.9 Å². The molecule has 5 rings (SSSR count). The molecule has 4 aromatic rings. The third-order valence-electron chi connectivity index (χ3n) is 6.49. The molecule has 1 amide bonds. The molecule has 0 saturated heterocycles. The lowest BCUT2D eigenvalue weighted by Crippen LogP contribution is -2.23. The highest BCUT2D eigenvalue weighted by Gasteiger charge is 2.18. The fourth-order valence-electron chi connectivity index (χ4n) is 4.72. The second kappa shape index (κ2) is 8.06. The fourth-order valence-corrected chi connectivity index (χ4v) is 4.72. The topological polar surface area (TPSA) is 62.7 Å². The summed E-state index contributed by atoms with van der Waals surface area (Å²) in [4.78, 5) is 16.5. The number of H-pyrrole nitrogens is 1. The predicted molar refractivity (Wildman–Crippen MR) is 123 cm³/mol. The van der Waals surface area contributed by atoms with Crippen molar-refractivity contribution < 1.29 is 4.79 Å². The summed E-state index contributed by atoms with van der Waals surface area (Å²) in [6.07, 6.45) is 4.67. The molecule has 2 aromatic carbocycles.